The number of hydrogen-bond donors (Lipinski definition) is 1. The Labute approximate surface area is 119 Å². The van der Waals surface area contributed by atoms with Crippen LogP contribution in [0.5, 0.6) is 0 Å². The van der Waals surface area contributed by atoms with Crippen LogP contribution < -0.4 is 0 Å². The van der Waals surface area contributed by atoms with Crippen molar-refractivity contribution in [2.24, 2.45) is 28.1 Å². The zero-order chi connectivity index (χ0) is 15.0. The molecule has 1 N–H and O–H groups in total. The maximum Gasteiger partial charge on any atom is 0.0763 e. The Balaban J connectivity index is 2.70. The summed E-state index contributed by atoms with van der Waals surface area (Å²) in [6.07, 6.45) is 1.19. The molecule has 1 heteroatoms. The van der Waals surface area contributed by atoms with Crippen LogP contribution in [0.3, 0.4) is 0 Å². The van der Waals surface area contributed by atoms with Crippen LogP contribution >= 0.6 is 0 Å². The summed E-state index contributed by atoms with van der Waals surface area (Å²) < 4.78 is 0. The molecule has 0 aromatic heterocycles. The Morgan fingerprint density at radius 2 is 1.26 bits per heavy atom. The highest BCUT2D eigenvalue weighted by atomic mass is 16.3. The van der Waals surface area contributed by atoms with Crippen LogP contribution in [-0.2, 0) is 0 Å². The molecule has 19 heavy (non-hydrogen) atoms. The summed E-state index contributed by atoms with van der Waals surface area (Å²) in [5.41, 5.74) is 2.62. The normalized spacial score (nSPS) is 50.8. The van der Waals surface area contributed by atoms with Crippen molar-refractivity contribution < 1.29 is 5.11 Å². The third-order valence-electron chi connectivity index (χ3n) is 7.44. The fourth-order valence-electron chi connectivity index (χ4n) is 5.49. The Morgan fingerprint density at radius 1 is 0.947 bits per heavy atom. The molecular formula is C18H32O. The molecule has 0 saturated heterocycles. The minimum atomic E-state index is -0.617. The zero-order valence-corrected chi connectivity index (χ0v) is 14.3. The molecule has 0 aromatic rings. The van der Waals surface area contributed by atoms with E-state index in [0.717, 1.165) is 0 Å². The fraction of sp³-hybridized carbons (Fsp3) is 0.889. The third kappa shape index (κ3) is 1.46. The molecule has 0 spiro atoms. The highest BCUT2D eigenvalue weighted by Crippen LogP contribution is 2.70. The van der Waals surface area contributed by atoms with Gasteiger partial charge >= 0.3 is 0 Å². The maximum absolute atomic E-state index is 11.7. The molecule has 2 aliphatic rings. The van der Waals surface area contributed by atoms with Gasteiger partial charge in [-0.1, -0.05) is 59.6 Å². The minimum absolute atomic E-state index is 0.0975. The molecule has 0 aliphatic heterocycles. The second-order valence-electron chi connectivity index (χ2n) is 8.78. The number of allylic oxidation sites excluding steroid dienone is 2. The van der Waals surface area contributed by atoms with Crippen molar-refractivity contribution in [3.05, 3.63) is 11.1 Å². The van der Waals surface area contributed by atoms with Crippen molar-refractivity contribution in [1.29, 1.82) is 0 Å². The smallest absolute Gasteiger partial charge is 0.0763 e. The molecule has 1 fully saturated rings. The molecule has 4 unspecified atom stereocenters. The largest absolute Gasteiger partial charge is 0.389 e. The Kier molecular flexibility index (Phi) is 2.91. The molecule has 4 atom stereocenters. The van der Waals surface area contributed by atoms with E-state index >= 15 is 0 Å². The monoisotopic (exact) mass is 264 g/mol. The van der Waals surface area contributed by atoms with Crippen molar-refractivity contribution in [1.82, 2.24) is 0 Å². The van der Waals surface area contributed by atoms with E-state index in [1.807, 2.05) is 0 Å². The quantitative estimate of drug-likeness (QED) is 0.623. The topological polar surface area (TPSA) is 20.2 Å². The van der Waals surface area contributed by atoms with E-state index in [9.17, 15) is 5.11 Å². The van der Waals surface area contributed by atoms with Crippen LogP contribution in [0.15, 0.2) is 11.1 Å². The maximum atomic E-state index is 11.7. The Hall–Kier alpha value is -0.300. The van der Waals surface area contributed by atoms with Gasteiger partial charge < -0.3 is 5.11 Å². The minimum Gasteiger partial charge on any atom is -0.389 e. The van der Waals surface area contributed by atoms with Crippen LogP contribution in [0.2, 0.25) is 0 Å². The van der Waals surface area contributed by atoms with Crippen LogP contribution in [0.1, 0.15) is 68.7 Å². The molecule has 1 saturated carbocycles. The molecule has 2 bridgehead atoms. The average Bonchev–Trinajstić information content (AvgIpc) is 2.45. The van der Waals surface area contributed by atoms with Gasteiger partial charge in [-0.2, -0.15) is 0 Å². The summed E-state index contributed by atoms with van der Waals surface area (Å²) in [7, 11) is 0. The van der Waals surface area contributed by atoms with E-state index in [1.165, 1.54) is 17.6 Å². The second-order valence-corrected chi connectivity index (χ2v) is 8.78. The molecule has 0 aromatic carbocycles. The van der Waals surface area contributed by atoms with Crippen LogP contribution in [0, 0.1) is 28.1 Å². The van der Waals surface area contributed by atoms with Crippen molar-refractivity contribution >= 4 is 0 Å². The van der Waals surface area contributed by atoms with Crippen LogP contribution in [0.4, 0.5) is 0 Å². The van der Waals surface area contributed by atoms with Gasteiger partial charge in [-0.05, 0) is 48.3 Å². The van der Waals surface area contributed by atoms with E-state index in [-0.39, 0.29) is 16.2 Å². The lowest BCUT2D eigenvalue weighted by Crippen LogP contribution is -2.63. The van der Waals surface area contributed by atoms with E-state index in [2.05, 4.69) is 62.3 Å². The van der Waals surface area contributed by atoms with E-state index in [1.54, 1.807) is 0 Å². The first-order valence-electron chi connectivity index (χ1n) is 7.74. The third-order valence-corrected chi connectivity index (χ3v) is 7.44. The molecular weight excluding hydrogens is 232 g/mol. The Bertz CT molecular complexity index is 409. The summed E-state index contributed by atoms with van der Waals surface area (Å²) >= 11 is 0. The van der Waals surface area contributed by atoms with E-state index in [4.69, 9.17) is 0 Å². The first-order valence-corrected chi connectivity index (χ1v) is 7.74. The van der Waals surface area contributed by atoms with E-state index < -0.39 is 5.60 Å². The van der Waals surface area contributed by atoms with Gasteiger partial charge in [0, 0.05) is 0 Å². The second kappa shape index (κ2) is 3.67. The summed E-state index contributed by atoms with van der Waals surface area (Å²) in [6, 6.07) is 0. The number of fused-ring (bicyclic) bond motifs is 2. The highest BCUT2D eigenvalue weighted by Gasteiger charge is 2.67. The molecule has 1 nitrogen and oxygen atoms in total. The predicted octanol–water partition coefficient (Wildman–Crippen LogP) is 4.80. The zero-order valence-electron chi connectivity index (χ0n) is 14.3. The van der Waals surface area contributed by atoms with Crippen LogP contribution in [-0.4, -0.2) is 10.7 Å². The summed E-state index contributed by atoms with van der Waals surface area (Å²) in [6.45, 7) is 20.4. The SMILES string of the molecule is CC1=C(C)C2(C)CC1(C)C(C)C(O)(C(C)(C)C)C2C. The molecule has 2 aliphatic carbocycles. The lowest BCUT2D eigenvalue weighted by Gasteiger charge is -2.61. The number of hydrogen-bond acceptors (Lipinski definition) is 1. The lowest BCUT2D eigenvalue weighted by molar-refractivity contribution is -0.211. The summed E-state index contributed by atoms with van der Waals surface area (Å²) in [5.74, 6) is 0.584. The van der Waals surface area contributed by atoms with Crippen molar-refractivity contribution in [3.8, 4) is 0 Å². The van der Waals surface area contributed by atoms with Crippen LogP contribution in [0.25, 0.3) is 0 Å². The molecule has 0 amide bonds. The Morgan fingerprint density at radius 3 is 1.53 bits per heavy atom. The van der Waals surface area contributed by atoms with Gasteiger partial charge in [-0.3, -0.25) is 0 Å². The average molecular weight is 264 g/mol. The van der Waals surface area contributed by atoms with Gasteiger partial charge in [0.05, 0.1) is 5.60 Å². The van der Waals surface area contributed by atoms with Gasteiger partial charge in [-0.25, -0.2) is 0 Å². The van der Waals surface area contributed by atoms with Gasteiger partial charge in [0.15, 0.2) is 0 Å². The summed E-state index contributed by atoms with van der Waals surface area (Å²) in [5, 5.41) is 11.7. The number of aliphatic hydroxyl groups is 1. The lowest BCUT2D eigenvalue weighted by atomic mass is 9.46. The van der Waals surface area contributed by atoms with Crippen molar-refractivity contribution in [2.45, 2.75) is 74.3 Å². The van der Waals surface area contributed by atoms with Crippen molar-refractivity contribution in [3.63, 3.8) is 0 Å². The first kappa shape index (κ1) is 15.1. The molecule has 0 radical (unpaired) electrons. The summed E-state index contributed by atoms with van der Waals surface area (Å²) in [4.78, 5) is 0. The molecule has 0 heterocycles. The number of rotatable bonds is 0. The molecule has 110 valence electrons. The highest BCUT2D eigenvalue weighted by molar-refractivity contribution is 5.38. The first-order chi connectivity index (χ1) is 8.33. The molecule has 2 rings (SSSR count). The fourth-order valence-corrected chi connectivity index (χ4v) is 5.49. The van der Waals surface area contributed by atoms with Gasteiger partial charge in [0.1, 0.15) is 0 Å². The van der Waals surface area contributed by atoms with Gasteiger partial charge in [-0.15, -0.1) is 0 Å². The van der Waals surface area contributed by atoms with Gasteiger partial charge in [0.2, 0.25) is 0 Å². The predicted molar refractivity (Wildman–Crippen MR) is 81.9 cm³/mol. The van der Waals surface area contributed by atoms with Gasteiger partial charge in [0.25, 0.3) is 0 Å². The van der Waals surface area contributed by atoms with E-state index in [0.29, 0.717) is 11.8 Å². The standard InChI is InChI=1S/C18H32O/c1-11-12(2)17(9)10-16(11,8)13(3)18(19,14(17)4)15(5,6)7/h13-14,19H,10H2,1-9H3. The van der Waals surface area contributed by atoms with Crippen molar-refractivity contribution in [2.75, 3.05) is 0 Å².